The fourth-order valence-corrected chi connectivity index (χ4v) is 4.59. The molecule has 1 amide bonds. The number of primary amides is 1. The first-order chi connectivity index (χ1) is 13.6. The molecule has 0 bridgehead atoms. The van der Waals surface area contributed by atoms with Crippen LogP contribution in [0.3, 0.4) is 0 Å². The van der Waals surface area contributed by atoms with E-state index in [0.717, 1.165) is 41.8 Å². The maximum Gasteiger partial charge on any atom is 0.260 e. The lowest BCUT2D eigenvalue weighted by molar-refractivity contribution is 0.0858. The summed E-state index contributed by atoms with van der Waals surface area (Å²) in [5.41, 5.74) is 13.1. The largest absolute Gasteiger partial charge is 0.397 e. The third-order valence-corrected chi connectivity index (χ3v) is 6.10. The van der Waals surface area contributed by atoms with E-state index in [1.54, 1.807) is 17.2 Å². The molecule has 4 N–H and O–H groups in total. The highest BCUT2D eigenvalue weighted by Crippen LogP contribution is 2.39. The van der Waals surface area contributed by atoms with Crippen molar-refractivity contribution in [2.45, 2.75) is 19.4 Å². The number of aromatic nitrogens is 4. The topological polar surface area (TPSA) is 125 Å². The summed E-state index contributed by atoms with van der Waals surface area (Å²) in [6.45, 7) is 3.83. The van der Waals surface area contributed by atoms with Crippen LogP contribution in [0.25, 0.3) is 10.2 Å². The number of carbonyl (C=O) groups excluding carboxylic acids is 1. The number of ether oxygens (including phenoxy) is 1. The van der Waals surface area contributed by atoms with E-state index < -0.39 is 5.91 Å². The van der Waals surface area contributed by atoms with Gasteiger partial charge in [0, 0.05) is 19.3 Å². The quantitative estimate of drug-likeness (QED) is 0.575. The van der Waals surface area contributed by atoms with Crippen LogP contribution in [-0.4, -0.2) is 52.0 Å². The molecule has 1 atom stereocenters. The minimum atomic E-state index is -0.510. The fraction of sp³-hybridized carbons (Fsp3) is 0.444. The zero-order valence-electron chi connectivity index (χ0n) is 15.5. The molecule has 4 heterocycles. The lowest BCUT2D eigenvalue weighted by Crippen LogP contribution is -2.37. The van der Waals surface area contributed by atoms with Gasteiger partial charge in [0.15, 0.2) is 0 Å². The van der Waals surface area contributed by atoms with Crippen molar-refractivity contribution in [2.24, 2.45) is 11.7 Å². The van der Waals surface area contributed by atoms with E-state index in [9.17, 15) is 4.79 Å². The molecule has 1 saturated heterocycles. The van der Waals surface area contributed by atoms with Crippen LogP contribution < -0.4 is 16.4 Å². The number of hydrogen-bond donors (Lipinski definition) is 2. The summed E-state index contributed by atoms with van der Waals surface area (Å²) < 4.78 is 7.63. The molecule has 1 fully saturated rings. The summed E-state index contributed by atoms with van der Waals surface area (Å²) in [5, 5.41) is 4.90. The first-order valence-corrected chi connectivity index (χ1v) is 10.1. The number of piperidine rings is 1. The average Bonchev–Trinajstić information content (AvgIpc) is 3.33. The van der Waals surface area contributed by atoms with E-state index in [1.807, 2.05) is 6.07 Å². The summed E-state index contributed by atoms with van der Waals surface area (Å²) in [6.07, 6.45) is 7.17. The van der Waals surface area contributed by atoms with Crippen LogP contribution in [-0.2, 0) is 11.3 Å². The molecule has 9 nitrogen and oxygen atoms in total. The second-order valence-electron chi connectivity index (χ2n) is 6.91. The Hall–Kier alpha value is -2.72. The maximum absolute atomic E-state index is 11.6. The molecule has 3 aromatic heterocycles. The van der Waals surface area contributed by atoms with E-state index in [0.29, 0.717) is 36.2 Å². The Morgan fingerprint density at radius 1 is 1.43 bits per heavy atom. The van der Waals surface area contributed by atoms with E-state index in [2.05, 4.69) is 20.0 Å². The molecule has 10 heteroatoms. The van der Waals surface area contributed by atoms with E-state index in [-0.39, 0.29) is 0 Å². The molecule has 28 heavy (non-hydrogen) atoms. The highest BCUT2D eigenvalue weighted by Gasteiger charge is 2.25. The second-order valence-corrected chi connectivity index (χ2v) is 7.91. The normalized spacial score (nSPS) is 17.3. The highest BCUT2D eigenvalue weighted by molar-refractivity contribution is 7.21. The Balaban J connectivity index is 1.43. The third kappa shape index (κ3) is 3.78. The first-order valence-electron chi connectivity index (χ1n) is 9.25. The van der Waals surface area contributed by atoms with Gasteiger partial charge in [0.05, 0.1) is 36.5 Å². The van der Waals surface area contributed by atoms with Crippen molar-refractivity contribution in [3.63, 3.8) is 0 Å². The van der Waals surface area contributed by atoms with Gasteiger partial charge in [-0.3, -0.25) is 9.48 Å². The highest BCUT2D eigenvalue weighted by atomic mass is 32.1. The minimum absolute atomic E-state index is 0.375. The predicted molar refractivity (Wildman–Crippen MR) is 108 cm³/mol. The third-order valence-electron chi connectivity index (χ3n) is 4.98. The van der Waals surface area contributed by atoms with Gasteiger partial charge in [-0.2, -0.15) is 5.10 Å². The number of nitrogen functional groups attached to an aromatic ring is 1. The summed E-state index contributed by atoms with van der Waals surface area (Å²) in [7, 11) is 0. The van der Waals surface area contributed by atoms with Crippen LogP contribution in [0.1, 0.15) is 22.5 Å². The van der Waals surface area contributed by atoms with Gasteiger partial charge in [0.1, 0.15) is 22.4 Å². The Labute approximate surface area is 166 Å². The molecule has 1 aliphatic heterocycles. The smallest absolute Gasteiger partial charge is 0.260 e. The van der Waals surface area contributed by atoms with E-state index in [4.69, 9.17) is 16.2 Å². The number of amides is 1. The van der Waals surface area contributed by atoms with Crippen molar-refractivity contribution < 1.29 is 9.53 Å². The SMILES string of the molecule is NC(=O)c1sc2nccc(N3CCC[C@H](COCCn4cncn4)C3)c2c1N. The van der Waals surface area contributed by atoms with Crippen molar-refractivity contribution in [2.75, 3.05) is 36.9 Å². The van der Waals surface area contributed by atoms with E-state index >= 15 is 0 Å². The molecule has 1 aliphatic rings. The molecule has 4 rings (SSSR count). The van der Waals surface area contributed by atoms with Crippen molar-refractivity contribution >= 4 is 38.8 Å². The summed E-state index contributed by atoms with van der Waals surface area (Å²) in [4.78, 5) is 23.4. The van der Waals surface area contributed by atoms with Crippen LogP contribution in [0.15, 0.2) is 24.9 Å². The monoisotopic (exact) mass is 401 g/mol. The van der Waals surface area contributed by atoms with Gasteiger partial charge < -0.3 is 21.1 Å². The summed E-state index contributed by atoms with van der Waals surface area (Å²) >= 11 is 1.25. The maximum atomic E-state index is 11.6. The number of nitrogens with two attached hydrogens (primary N) is 2. The van der Waals surface area contributed by atoms with Gasteiger partial charge in [-0.1, -0.05) is 0 Å². The van der Waals surface area contributed by atoms with Crippen molar-refractivity contribution in [1.82, 2.24) is 19.7 Å². The molecule has 0 aliphatic carbocycles. The lowest BCUT2D eigenvalue weighted by atomic mass is 9.98. The number of hydrogen-bond acceptors (Lipinski definition) is 8. The summed E-state index contributed by atoms with van der Waals surface area (Å²) in [5.74, 6) is -0.0769. The zero-order valence-corrected chi connectivity index (χ0v) is 16.3. The average molecular weight is 401 g/mol. The van der Waals surface area contributed by atoms with Gasteiger partial charge >= 0.3 is 0 Å². The number of carbonyl (C=O) groups is 1. The van der Waals surface area contributed by atoms with Gasteiger partial charge in [-0.15, -0.1) is 11.3 Å². The predicted octanol–water partition coefficient (Wildman–Crippen LogP) is 1.50. The van der Waals surface area contributed by atoms with Crippen molar-refractivity contribution in [1.29, 1.82) is 0 Å². The Morgan fingerprint density at radius 2 is 2.32 bits per heavy atom. The number of nitrogens with zero attached hydrogens (tertiary/aromatic N) is 5. The molecular formula is C18H23N7O2S. The molecule has 3 aromatic rings. The molecule has 0 radical (unpaired) electrons. The standard InChI is InChI=1S/C18H23N7O2S/c19-15-14-13(3-4-22-18(14)28-16(15)17(20)26)24-5-1-2-12(8-24)9-27-7-6-25-11-21-10-23-25/h3-4,10-12H,1-2,5-9,19H2,(H2,20,26)/t12-/m0/s1. The van der Waals surface area contributed by atoms with Gasteiger partial charge in [0.2, 0.25) is 0 Å². The number of fused-ring (bicyclic) bond motifs is 1. The lowest BCUT2D eigenvalue weighted by Gasteiger charge is -2.34. The van der Waals surface area contributed by atoms with Gasteiger partial charge in [0.25, 0.3) is 5.91 Å². The van der Waals surface area contributed by atoms with Crippen LogP contribution >= 0.6 is 11.3 Å². The molecule has 0 unspecified atom stereocenters. The number of anilines is 2. The zero-order chi connectivity index (χ0) is 19.5. The second kappa shape index (κ2) is 8.11. The Kier molecular flexibility index (Phi) is 5.40. The van der Waals surface area contributed by atoms with Crippen LogP contribution in [0.5, 0.6) is 0 Å². The Morgan fingerprint density at radius 3 is 3.11 bits per heavy atom. The Bertz CT molecular complexity index is 956. The van der Waals surface area contributed by atoms with Crippen molar-refractivity contribution in [3.05, 3.63) is 29.8 Å². The fourth-order valence-electron chi connectivity index (χ4n) is 3.65. The molecule has 0 saturated carbocycles. The van der Waals surface area contributed by atoms with Crippen molar-refractivity contribution in [3.8, 4) is 0 Å². The number of thiophene rings is 1. The van der Waals surface area contributed by atoms with Gasteiger partial charge in [-0.25, -0.2) is 9.97 Å². The number of rotatable bonds is 7. The minimum Gasteiger partial charge on any atom is -0.397 e. The van der Waals surface area contributed by atoms with E-state index in [1.165, 1.54) is 17.7 Å². The van der Waals surface area contributed by atoms with Crippen LogP contribution in [0, 0.1) is 5.92 Å². The molecule has 0 aromatic carbocycles. The molecular weight excluding hydrogens is 378 g/mol. The first kappa shape index (κ1) is 18.6. The van der Waals surface area contributed by atoms with Crippen LogP contribution in [0.4, 0.5) is 11.4 Å². The molecule has 148 valence electrons. The summed E-state index contributed by atoms with van der Waals surface area (Å²) in [6, 6.07) is 1.96. The van der Waals surface area contributed by atoms with Crippen LogP contribution in [0.2, 0.25) is 0 Å². The van der Waals surface area contributed by atoms with Gasteiger partial charge in [-0.05, 0) is 24.8 Å². The number of pyridine rings is 1. The molecule has 0 spiro atoms.